The van der Waals surface area contributed by atoms with Crippen LogP contribution in [0.3, 0.4) is 0 Å². The van der Waals surface area contributed by atoms with Crippen LogP contribution in [0.1, 0.15) is 26.7 Å². The maximum absolute atomic E-state index is 13.0. The molecule has 6 nitrogen and oxygen atoms in total. The number of nitrogens with zero attached hydrogens (tertiary/aromatic N) is 1. The summed E-state index contributed by atoms with van der Waals surface area (Å²) in [5.41, 5.74) is 0. The number of benzene rings is 2. The van der Waals surface area contributed by atoms with Crippen LogP contribution < -0.4 is 14.2 Å². The van der Waals surface area contributed by atoms with E-state index in [4.69, 9.17) is 9.47 Å². The Balaban J connectivity index is 1.43. The summed E-state index contributed by atoms with van der Waals surface area (Å²) in [6.45, 7) is 6.81. The minimum Gasteiger partial charge on any atom is -0.488 e. The number of rotatable bonds is 9. The Labute approximate surface area is 178 Å². The molecule has 0 spiro atoms. The number of likely N-dealkylation sites (tertiary alicyclic amines) is 1. The zero-order chi connectivity index (χ0) is 21.6. The van der Waals surface area contributed by atoms with Crippen LogP contribution in [-0.2, 0) is 10.0 Å². The second-order valence-electron chi connectivity index (χ2n) is 7.65. The van der Waals surface area contributed by atoms with Gasteiger partial charge in [-0.25, -0.2) is 17.5 Å². The Bertz CT molecular complexity index is 911. The van der Waals surface area contributed by atoms with E-state index in [2.05, 4.69) is 9.62 Å². The first kappa shape index (κ1) is 22.5. The van der Waals surface area contributed by atoms with Crippen LogP contribution >= 0.6 is 0 Å². The third kappa shape index (κ3) is 6.42. The molecule has 1 saturated heterocycles. The second-order valence-corrected chi connectivity index (χ2v) is 9.37. The van der Waals surface area contributed by atoms with Gasteiger partial charge in [-0.1, -0.05) is 12.1 Å². The molecule has 2 aromatic carbocycles. The van der Waals surface area contributed by atoms with Crippen LogP contribution in [-0.4, -0.2) is 51.7 Å². The molecule has 30 heavy (non-hydrogen) atoms. The van der Waals surface area contributed by atoms with Crippen molar-refractivity contribution in [2.75, 3.05) is 26.2 Å². The van der Waals surface area contributed by atoms with Gasteiger partial charge in [0.25, 0.3) is 0 Å². The van der Waals surface area contributed by atoms with Gasteiger partial charge in [0.05, 0.1) is 11.0 Å². The van der Waals surface area contributed by atoms with Gasteiger partial charge in [-0.05, 0) is 76.2 Å². The summed E-state index contributed by atoms with van der Waals surface area (Å²) in [6, 6.07) is 12.4. The van der Waals surface area contributed by atoms with E-state index < -0.39 is 15.8 Å². The van der Waals surface area contributed by atoms with Crippen LogP contribution in [0.15, 0.2) is 53.4 Å². The number of sulfonamides is 1. The van der Waals surface area contributed by atoms with Crippen molar-refractivity contribution >= 4 is 10.0 Å². The molecule has 0 radical (unpaired) electrons. The summed E-state index contributed by atoms with van der Waals surface area (Å²) in [7, 11) is -3.64. The summed E-state index contributed by atoms with van der Waals surface area (Å²) in [6.07, 6.45) is 1.51. The van der Waals surface area contributed by atoms with E-state index in [1.807, 2.05) is 38.1 Å². The lowest BCUT2D eigenvalue weighted by molar-refractivity contribution is 0.164. The van der Waals surface area contributed by atoms with Crippen molar-refractivity contribution < 1.29 is 22.3 Å². The van der Waals surface area contributed by atoms with Gasteiger partial charge in [0, 0.05) is 12.6 Å². The third-order valence-electron chi connectivity index (χ3n) is 4.91. The van der Waals surface area contributed by atoms with Crippen molar-refractivity contribution in [3.8, 4) is 11.5 Å². The highest BCUT2D eigenvalue weighted by molar-refractivity contribution is 7.89. The topological polar surface area (TPSA) is 67.9 Å². The molecule has 1 N–H and O–H groups in total. The molecule has 1 aliphatic rings. The maximum Gasteiger partial charge on any atom is 0.240 e. The average molecular weight is 437 g/mol. The highest BCUT2D eigenvalue weighted by Gasteiger charge is 2.24. The monoisotopic (exact) mass is 436 g/mol. The van der Waals surface area contributed by atoms with E-state index >= 15 is 0 Å². The summed E-state index contributed by atoms with van der Waals surface area (Å²) < 4.78 is 52.3. The van der Waals surface area contributed by atoms with Crippen molar-refractivity contribution in [3.05, 3.63) is 54.3 Å². The molecule has 1 heterocycles. The van der Waals surface area contributed by atoms with E-state index in [-0.39, 0.29) is 17.0 Å². The Morgan fingerprint density at radius 2 is 1.70 bits per heavy atom. The minimum atomic E-state index is -3.64. The fraction of sp³-hybridized carbons (Fsp3) is 0.455. The molecule has 2 aromatic rings. The minimum absolute atomic E-state index is 0.0764. The van der Waals surface area contributed by atoms with Gasteiger partial charge in [0.1, 0.15) is 12.4 Å². The number of ether oxygens (including phenoxy) is 2. The summed E-state index contributed by atoms with van der Waals surface area (Å²) in [5.74, 6) is 1.01. The highest BCUT2D eigenvalue weighted by atomic mass is 32.2. The number of hydrogen-bond acceptors (Lipinski definition) is 5. The van der Waals surface area contributed by atoms with E-state index in [1.54, 1.807) is 0 Å². The Kier molecular flexibility index (Phi) is 7.69. The number of para-hydroxylation sites is 2. The molecule has 0 amide bonds. The molecule has 1 fully saturated rings. The Hall–Kier alpha value is -2.16. The zero-order valence-corrected chi connectivity index (χ0v) is 18.2. The zero-order valence-electron chi connectivity index (χ0n) is 17.4. The largest absolute Gasteiger partial charge is 0.488 e. The van der Waals surface area contributed by atoms with Crippen molar-refractivity contribution in [3.63, 3.8) is 0 Å². The quantitative estimate of drug-likeness (QED) is 0.652. The van der Waals surface area contributed by atoms with Crippen LogP contribution in [0, 0.1) is 5.82 Å². The lowest BCUT2D eigenvalue weighted by atomic mass is 10.1. The van der Waals surface area contributed by atoms with Crippen molar-refractivity contribution in [2.45, 2.75) is 43.7 Å². The van der Waals surface area contributed by atoms with E-state index in [0.29, 0.717) is 19.4 Å². The highest BCUT2D eigenvalue weighted by Crippen LogP contribution is 2.27. The molecule has 0 bridgehead atoms. The van der Waals surface area contributed by atoms with Crippen LogP contribution in [0.5, 0.6) is 11.5 Å². The normalized spacial score (nSPS) is 16.0. The predicted octanol–water partition coefficient (Wildman–Crippen LogP) is 3.43. The van der Waals surface area contributed by atoms with Gasteiger partial charge < -0.3 is 9.47 Å². The van der Waals surface area contributed by atoms with Crippen molar-refractivity contribution in [1.29, 1.82) is 0 Å². The fourth-order valence-corrected chi connectivity index (χ4v) is 4.69. The number of halogens is 1. The molecule has 164 valence electrons. The number of nitrogens with one attached hydrogen (secondary N) is 1. The number of hydrogen-bond donors (Lipinski definition) is 1. The van der Waals surface area contributed by atoms with Gasteiger partial charge in [-0.2, -0.15) is 0 Å². The average Bonchev–Trinajstić information content (AvgIpc) is 2.70. The summed E-state index contributed by atoms with van der Waals surface area (Å²) in [5, 5.41) is 0. The van der Waals surface area contributed by atoms with E-state index in [1.165, 1.54) is 12.1 Å². The van der Waals surface area contributed by atoms with Crippen LogP contribution in [0.2, 0.25) is 0 Å². The Morgan fingerprint density at radius 1 is 1.07 bits per heavy atom. The molecule has 3 rings (SSSR count). The molecular formula is C22H29FN2O4S. The van der Waals surface area contributed by atoms with Gasteiger partial charge in [0.2, 0.25) is 10.0 Å². The molecule has 0 saturated carbocycles. The SMILES string of the molecule is CC(C)Oc1ccccc1OCCN1CCC(NS(=O)(=O)c2ccc(F)cc2)CC1. The fourth-order valence-electron chi connectivity index (χ4n) is 3.38. The number of piperidine rings is 1. The summed E-state index contributed by atoms with van der Waals surface area (Å²) in [4.78, 5) is 2.34. The molecule has 0 aromatic heterocycles. The lowest BCUT2D eigenvalue weighted by Crippen LogP contribution is -2.45. The molecule has 8 heteroatoms. The molecule has 0 atom stereocenters. The van der Waals surface area contributed by atoms with Crippen molar-refractivity contribution in [1.82, 2.24) is 9.62 Å². The van der Waals surface area contributed by atoms with Crippen molar-refractivity contribution in [2.24, 2.45) is 0 Å². The first-order chi connectivity index (χ1) is 14.3. The first-order valence-electron chi connectivity index (χ1n) is 10.2. The first-order valence-corrected chi connectivity index (χ1v) is 11.7. The van der Waals surface area contributed by atoms with Gasteiger partial charge >= 0.3 is 0 Å². The van der Waals surface area contributed by atoms with E-state index in [0.717, 1.165) is 43.3 Å². The molecule has 1 aliphatic heterocycles. The summed E-state index contributed by atoms with van der Waals surface area (Å²) >= 11 is 0. The van der Waals surface area contributed by atoms with Gasteiger partial charge in [-0.3, -0.25) is 4.90 Å². The maximum atomic E-state index is 13.0. The van der Waals surface area contributed by atoms with Crippen LogP contribution in [0.4, 0.5) is 4.39 Å². The lowest BCUT2D eigenvalue weighted by Gasteiger charge is -2.32. The van der Waals surface area contributed by atoms with Gasteiger partial charge in [-0.15, -0.1) is 0 Å². The molecule has 0 unspecified atom stereocenters. The standard InChI is InChI=1S/C22H29FN2O4S/c1-17(2)29-22-6-4-3-5-21(22)28-16-15-25-13-11-19(12-14-25)24-30(26,27)20-9-7-18(23)8-10-20/h3-10,17,19,24H,11-16H2,1-2H3. The molecule has 0 aliphatic carbocycles. The smallest absolute Gasteiger partial charge is 0.240 e. The molecular weight excluding hydrogens is 407 g/mol. The Morgan fingerprint density at radius 3 is 2.33 bits per heavy atom. The second kappa shape index (κ2) is 10.2. The third-order valence-corrected chi connectivity index (χ3v) is 6.45. The van der Waals surface area contributed by atoms with Crippen LogP contribution in [0.25, 0.3) is 0 Å². The predicted molar refractivity (Wildman–Crippen MR) is 114 cm³/mol. The van der Waals surface area contributed by atoms with Gasteiger partial charge in [0.15, 0.2) is 11.5 Å². The van der Waals surface area contributed by atoms with E-state index in [9.17, 15) is 12.8 Å².